The highest BCUT2D eigenvalue weighted by Crippen LogP contribution is 2.38. The van der Waals surface area contributed by atoms with Crippen molar-refractivity contribution in [1.82, 2.24) is 4.40 Å². The van der Waals surface area contributed by atoms with E-state index < -0.39 is 25.5 Å². The summed E-state index contributed by atoms with van der Waals surface area (Å²) in [6.45, 7) is 3.44. The predicted molar refractivity (Wildman–Crippen MR) is 129 cm³/mol. The van der Waals surface area contributed by atoms with Crippen LogP contribution in [0, 0.1) is 0 Å². The average molecular weight is 484 g/mol. The quantitative estimate of drug-likeness (QED) is 0.339. The van der Waals surface area contributed by atoms with E-state index in [9.17, 15) is 21.6 Å². The highest BCUT2D eigenvalue weighted by Gasteiger charge is 2.37. The van der Waals surface area contributed by atoms with Gasteiger partial charge < -0.3 is 4.40 Å². The van der Waals surface area contributed by atoms with Crippen LogP contribution in [0.2, 0.25) is 0 Å². The van der Waals surface area contributed by atoms with Crippen LogP contribution in [0.1, 0.15) is 42.7 Å². The number of sulfone groups is 2. The fourth-order valence-electron chi connectivity index (χ4n) is 4.22. The van der Waals surface area contributed by atoms with E-state index in [0.717, 1.165) is 5.39 Å². The zero-order valence-electron chi connectivity index (χ0n) is 18.5. The first kappa shape index (κ1) is 23.2. The Morgan fingerprint density at radius 1 is 0.758 bits per heavy atom. The molecule has 33 heavy (non-hydrogen) atoms. The molecule has 2 aromatic carbocycles. The van der Waals surface area contributed by atoms with Gasteiger partial charge in [0.1, 0.15) is 15.5 Å². The van der Waals surface area contributed by atoms with Gasteiger partial charge in [-0.1, -0.05) is 68.4 Å². The topological polar surface area (TPSA) is 89.8 Å². The molecule has 0 atom stereocenters. The summed E-state index contributed by atoms with van der Waals surface area (Å²) in [7, 11) is -8.09. The molecule has 8 heteroatoms. The second-order valence-electron chi connectivity index (χ2n) is 7.96. The van der Waals surface area contributed by atoms with E-state index in [2.05, 4.69) is 0 Å². The molecule has 0 aliphatic carbocycles. The number of carbonyl (C=O) groups is 1. The molecule has 0 aliphatic rings. The third-order valence-electron chi connectivity index (χ3n) is 5.56. The average Bonchev–Trinajstić information content (AvgIpc) is 3.17. The zero-order chi connectivity index (χ0) is 23.8. The zero-order valence-corrected chi connectivity index (χ0v) is 20.1. The summed E-state index contributed by atoms with van der Waals surface area (Å²) in [5.41, 5.74) is 0.387. The van der Waals surface area contributed by atoms with Crippen molar-refractivity contribution in [2.45, 2.75) is 36.5 Å². The van der Waals surface area contributed by atoms with Crippen LogP contribution >= 0.6 is 0 Å². The maximum atomic E-state index is 13.7. The van der Waals surface area contributed by atoms with E-state index in [0.29, 0.717) is 18.2 Å². The van der Waals surface area contributed by atoms with Crippen LogP contribution < -0.4 is 0 Å². The molecule has 0 spiro atoms. The number of benzene rings is 2. The SMILES string of the molecule is CCCS(=O)(=O)c1c(S(=O)(=O)CCC)c2c3ccccc3ccn2c1C(=O)c1ccccc1. The van der Waals surface area contributed by atoms with E-state index in [-0.39, 0.29) is 38.1 Å². The first-order chi connectivity index (χ1) is 15.7. The van der Waals surface area contributed by atoms with Crippen molar-refractivity contribution < 1.29 is 21.6 Å². The second-order valence-corrected chi connectivity index (χ2v) is 12.1. The first-order valence-electron chi connectivity index (χ1n) is 10.8. The van der Waals surface area contributed by atoms with E-state index in [4.69, 9.17) is 0 Å². The van der Waals surface area contributed by atoms with Crippen molar-refractivity contribution >= 4 is 41.7 Å². The second kappa shape index (κ2) is 8.76. The Morgan fingerprint density at radius 3 is 1.97 bits per heavy atom. The summed E-state index contributed by atoms with van der Waals surface area (Å²) in [6.07, 6.45) is 2.20. The van der Waals surface area contributed by atoms with Gasteiger partial charge in [0.05, 0.1) is 17.0 Å². The van der Waals surface area contributed by atoms with Gasteiger partial charge >= 0.3 is 0 Å². The lowest BCUT2D eigenvalue weighted by molar-refractivity contribution is 0.103. The van der Waals surface area contributed by atoms with Gasteiger partial charge in [0, 0.05) is 17.1 Å². The van der Waals surface area contributed by atoms with Crippen LogP contribution in [0.15, 0.2) is 76.7 Å². The van der Waals surface area contributed by atoms with Crippen molar-refractivity contribution in [1.29, 1.82) is 0 Å². The molecule has 0 saturated heterocycles. The molecular weight excluding hydrogens is 458 g/mol. The summed E-state index contributed by atoms with van der Waals surface area (Å²) in [6, 6.07) is 17.3. The summed E-state index contributed by atoms with van der Waals surface area (Å²) in [5.74, 6) is -1.01. The van der Waals surface area contributed by atoms with Gasteiger partial charge in [0.2, 0.25) is 5.78 Å². The van der Waals surface area contributed by atoms with Gasteiger partial charge in [-0.25, -0.2) is 16.8 Å². The minimum Gasteiger partial charge on any atom is -0.311 e. The number of nitrogens with zero attached hydrogens (tertiary/aromatic N) is 1. The Labute approximate surface area is 193 Å². The number of hydrogen-bond donors (Lipinski definition) is 0. The minimum absolute atomic E-state index is 0.134. The van der Waals surface area contributed by atoms with E-state index >= 15 is 0 Å². The number of carbonyl (C=O) groups excluding carboxylic acids is 1. The molecular formula is C25H25NO5S2. The number of ketones is 1. The number of rotatable bonds is 8. The molecule has 0 amide bonds. The Bertz CT molecular complexity index is 1570. The molecule has 0 N–H and O–H groups in total. The predicted octanol–water partition coefficient (Wildman–Crippen LogP) is 4.69. The maximum absolute atomic E-state index is 13.7. The van der Waals surface area contributed by atoms with Crippen LogP contribution in [0.3, 0.4) is 0 Å². The van der Waals surface area contributed by atoms with E-state index in [1.54, 1.807) is 68.6 Å². The van der Waals surface area contributed by atoms with Crippen LogP contribution in [0.5, 0.6) is 0 Å². The number of aromatic nitrogens is 1. The number of pyridine rings is 1. The summed E-state index contributed by atoms with van der Waals surface area (Å²) >= 11 is 0. The lowest BCUT2D eigenvalue weighted by atomic mass is 10.1. The Hall–Kier alpha value is -2.97. The molecule has 0 radical (unpaired) electrons. The largest absolute Gasteiger partial charge is 0.311 e. The van der Waals surface area contributed by atoms with Crippen molar-refractivity contribution in [2.75, 3.05) is 11.5 Å². The van der Waals surface area contributed by atoms with Crippen molar-refractivity contribution in [3.05, 3.63) is 78.1 Å². The van der Waals surface area contributed by atoms with E-state index in [1.807, 2.05) is 12.1 Å². The Morgan fingerprint density at radius 2 is 1.33 bits per heavy atom. The molecule has 2 aromatic heterocycles. The minimum atomic E-state index is -4.08. The van der Waals surface area contributed by atoms with Gasteiger partial charge in [-0.15, -0.1) is 0 Å². The molecule has 172 valence electrons. The number of hydrogen-bond acceptors (Lipinski definition) is 5. The van der Waals surface area contributed by atoms with E-state index in [1.165, 1.54) is 4.40 Å². The highest BCUT2D eigenvalue weighted by molar-refractivity contribution is 7.94. The lowest BCUT2D eigenvalue weighted by Gasteiger charge is -2.09. The molecule has 0 bridgehead atoms. The smallest absolute Gasteiger partial charge is 0.211 e. The third kappa shape index (κ3) is 3.98. The van der Waals surface area contributed by atoms with Gasteiger partial charge in [-0.2, -0.15) is 0 Å². The van der Waals surface area contributed by atoms with Crippen LogP contribution in [0.4, 0.5) is 0 Å². The fraction of sp³-hybridized carbons (Fsp3) is 0.240. The fourth-order valence-corrected chi connectivity index (χ4v) is 8.21. The van der Waals surface area contributed by atoms with Crippen LogP contribution in [-0.4, -0.2) is 38.5 Å². The van der Waals surface area contributed by atoms with Crippen LogP contribution in [0.25, 0.3) is 16.3 Å². The molecule has 0 fully saturated rings. The van der Waals surface area contributed by atoms with Crippen molar-refractivity contribution in [3.63, 3.8) is 0 Å². The highest BCUT2D eigenvalue weighted by atomic mass is 32.2. The third-order valence-corrected chi connectivity index (χ3v) is 9.62. The standard InChI is InChI=1S/C25H25NO5S2/c1-3-16-32(28,29)24-21-20-13-9-8-10-18(20)14-15-26(21)22(25(24)33(30,31)17-4-2)23(27)19-11-6-5-7-12-19/h5-15H,3-4,16-17H2,1-2H3. The molecule has 0 aliphatic heterocycles. The molecule has 2 heterocycles. The van der Waals surface area contributed by atoms with Crippen molar-refractivity contribution in [3.8, 4) is 0 Å². The number of fused-ring (bicyclic) bond motifs is 3. The summed E-state index contributed by atoms with van der Waals surface area (Å²) in [5, 5.41) is 1.34. The Kier molecular flexibility index (Phi) is 6.16. The normalized spacial score (nSPS) is 12.4. The summed E-state index contributed by atoms with van der Waals surface area (Å²) in [4.78, 5) is 13.0. The van der Waals surface area contributed by atoms with Crippen LogP contribution in [-0.2, 0) is 19.7 Å². The molecule has 4 aromatic rings. The van der Waals surface area contributed by atoms with Gasteiger partial charge in [-0.05, 0) is 24.3 Å². The first-order valence-corrected chi connectivity index (χ1v) is 14.1. The molecule has 4 rings (SSSR count). The molecule has 0 unspecified atom stereocenters. The monoisotopic (exact) mass is 483 g/mol. The van der Waals surface area contributed by atoms with Crippen molar-refractivity contribution in [2.24, 2.45) is 0 Å². The van der Waals surface area contributed by atoms with Gasteiger partial charge in [0.25, 0.3) is 0 Å². The summed E-state index contributed by atoms with van der Waals surface area (Å²) < 4.78 is 55.6. The molecule has 6 nitrogen and oxygen atoms in total. The molecule has 0 saturated carbocycles. The maximum Gasteiger partial charge on any atom is 0.211 e. The Balaban J connectivity index is 2.28. The van der Waals surface area contributed by atoms with Gasteiger partial charge in [-0.3, -0.25) is 4.79 Å². The lowest BCUT2D eigenvalue weighted by Crippen LogP contribution is -2.17. The van der Waals surface area contributed by atoms with Gasteiger partial charge in [0.15, 0.2) is 19.7 Å².